The van der Waals surface area contributed by atoms with Crippen LogP contribution in [-0.4, -0.2) is 39.9 Å². The Bertz CT molecular complexity index is 373. The first-order valence-electron chi connectivity index (χ1n) is 6.46. The molecule has 2 rings (SSSR count). The Morgan fingerprint density at radius 2 is 1.89 bits per heavy atom. The Labute approximate surface area is 119 Å². The minimum absolute atomic E-state index is 0.0921. The third kappa shape index (κ3) is 2.39. The summed E-state index contributed by atoms with van der Waals surface area (Å²) in [6.45, 7) is 5.93. The van der Waals surface area contributed by atoms with Crippen molar-refractivity contribution >= 4 is 34.9 Å². The number of nitrogens with two attached hydrogens (primary N) is 1. The van der Waals surface area contributed by atoms with Crippen molar-refractivity contribution in [2.75, 3.05) is 19.3 Å². The molecule has 2 fully saturated rings. The highest BCUT2D eigenvalue weighted by Gasteiger charge is 2.52. The molecule has 102 valence electrons. The van der Waals surface area contributed by atoms with Crippen LogP contribution in [0.15, 0.2) is 0 Å². The number of thiocarbonyl (C=S) groups is 1. The van der Waals surface area contributed by atoms with E-state index in [9.17, 15) is 4.79 Å². The highest BCUT2D eigenvalue weighted by atomic mass is 32.2. The first-order valence-corrected chi connectivity index (χ1v) is 8.09. The third-order valence-electron chi connectivity index (χ3n) is 4.53. The van der Waals surface area contributed by atoms with Gasteiger partial charge in [-0.25, -0.2) is 0 Å². The molecular weight excluding hydrogens is 264 g/mol. The standard InChI is InChI=1S/C13H22N2OS2/c1-12(2)8-9(12)10(16)15-6-4-13(18-3,5-7-15)11(14)17/h9H,4-8H2,1-3H3,(H2,14,17). The van der Waals surface area contributed by atoms with Crippen molar-refractivity contribution in [3.05, 3.63) is 0 Å². The Hall–Kier alpha value is -0.290. The summed E-state index contributed by atoms with van der Waals surface area (Å²) in [6.07, 6.45) is 4.87. The monoisotopic (exact) mass is 286 g/mol. The lowest BCUT2D eigenvalue weighted by atomic mass is 9.95. The number of hydrogen-bond donors (Lipinski definition) is 1. The predicted octanol–water partition coefficient (Wildman–Crippen LogP) is 2.04. The van der Waals surface area contributed by atoms with Crippen molar-refractivity contribution in [1.82, 2.24) is 4.90 Å². The topological polar surface area (TPSA) is 46.3 Å². The molecule has 0 aromatic rings. The fraction of sp³-hybridized carbons (Fsp3) is 0.846. The number of carbonyl (C=O) groups excluding carboxylic acids is 1. The largest absolute Gasteiger partial charge is 0.392 e. The van der Waals surface area contributed by atoms with E-state index in [1.54, 1.807) is 11.8 Å². The van der Waals surface area contributed by atoms with Gasteiger partial charge >= 0.3 is 0 Å². The zero-order valence-corrected chi connectivity index (χ0v) is 13.0. The fourth-order valence-corrected chi connectivity index (χ4v) is 3.99. The molecule has 3 nitrogen and oxygen atoms in total. The van der Waals surface area contributed by atoms with Gasteiger partial charge in [0.1, 0.15) is 0 Å². The molecule has 0 bridgehead atoms. The third-order valence-corrected chi connectivity index (χ3v) is 6.46. The zero-order chi connectivity index (χ0) is 13.6. The van der Waals surface area contributed by atoms with E-state index >= 15 is 0 Å². The van der Waals surface area contributed by atoms with Crippen LogP contribution in [-0.2, 0) is 4.79 Å². The van der Waals surface area contributed by atoms with Crippen LogP contribution >= 0.6 is 24.0 Å². The van der Waals surface area contributed by atoms with E-state index in [0.29, 0.717) is 10.9 Å². The van der Waals surface area contributed by atoms with Crippen LogP contribution in [0.1, 0.15) is 33.1 Å². The first-order chi connectivity index (χ1) is 8.32. The van der Waals surface area contributed by atoms with E-state index in [0.717, 1.165) is 32.4 Å². The van der Waals surface area contributed by atoms with Gasteiger partial charge in [0.25, 0.3) is 0 Å². The maximum atomic E-state index is 12.3. The summed E-state index contributed by atoms with van der Waals surface area (Å²) < 4.78 is -0.0921. The van der Waals surface area contributed by atoms with Crippen molar-refractivity contribution in [1.29, 1.82) is 0 Å². The minimum atomic E-state index is -0.0921. The summed E-state index contributed by atoms with van der Waals surface area (Å²) in [5, 5.41) is 0. The molecule has 0 aromatic heterocycles. The number of amides is 1. The smallest absolute Gasteiger partial charge is 0.226 e. The SMILES string of the molecule is CSC1(C(N)=S)CCN(C(=O)C2CC2(C)C)CC1. The molecule has 0 spiro atoms. The second-order valence-electron chi connectivity index (χ2n) is 6.13. The van der Waals surface area contributed by atoms with Crippen molar-refractivity contribution in [3.8, 4) is 0 Å². The number of nitrogens with zero attached hydrogens (tertiary/aromatic N) is 1. The van der Waals surface area contributed by atoms with Crippen LogP contribution < -0.4 is 5.73 Å². The summed E-state index contributed by atoms with van der Waals surface area (Å²) in [7, 11) is 0. The van der Waals surface area contributed by atoms with Gasteiger partial charge in [-0.3, -0.25) is 4.79 Å². The van der Waals surface area contributed by atoms with E-state index in [4.69, 9.17) is 18.0 Å². The highest BCUT2D eigenvalue weighted by Crippen LogP contribution is 2.52. The van der Waals surface area contributed by atoms with Gasteiger partial charge < -0.3 is 10.6 Å². The molecule has 18 heavy (non-hydrogen) atoms. The van der Waals surface area contributed by atoms with Crippen LogP contribution in [0.2, 0.25) is 0 Å². The van der Waals surface area contributed by atoms with Gasteiger partial charge in [-0.1, -0.05) is 26.1 Å². The van der Waals surface area contributed by atoms with E-state index in [-0.39, 0.29) is 16.1 Å². The summed E-state index contributed by atoms with van der Waals surface area (Å²) in [6, 6.07) is 0. The Balaban J connectivity index is 1.95. The second-order valence-corrected chi connectivity index (χ2v) is 7.76. The van der Waals surface area contributed by atoms with Gasteiger partial charge in [0.2, 0.25) is 5.91 Å². The molecule has 1 saturated carbocycles. The van der Waals surface area contributed by atoms with Crippen LogP contribution in [0.3, 0.4) is 0 Å². The summed E-state index contributed by atoms with van der Waals surface area (Å²) >= 11 is 6.92. The van der Waals surface area contributed by atoms with Crippen LogP contribution in [0.25, 0.3) is 0 Å². The number of likely N-dealkylation sites (tertiary alicyclic amines) is 1. The van der Waals surface area contributed by atoms with Crippen molar-refractivity contribution < 1.29 is 4.79 Å². The Kier molecular flexibility index (Phi) is 3.67. The minimum Gasteiger partial charge on any atom is -0.392 e. The summed E-state index contributed by atoms with van der Waals surface area (Å²) in [5.74, 6) is 0.571. The van der Waals surface area contributed by atoms with Gasteiger partial charge in [0.05, 0.1) is 9.74 Å². The van der Waals surface area contributed by atoms with Crippen LogP contribution in [0, 0.1) is 11.3 Å². The molecule has 5 heteroatoms. The van der Waals surface area contributed by atoms with Gasteiger partial charge in [-0.2, -0.15) is 11.8 Å². The Morgan fingerprint density at radius 3 is 2.22 bits per heavy atom. The molecule has 1 heterocycles. The number of rotatable bonds is 3. The molecule has 2 N–H and O–H groups in total. The maximum absolute atomic E-state index is 12.3. The molecule has 0 aromatic carbocycles. The quantitative estimate of drug-likeness (QED) is 0.807. The first kappa shape index (κ1) is 14.1. The molecule has 1 atom stereocenters. The lowest BCUT2D eigenvalue weighted by molar-refractivity contribution is -0.134. The van der Waals surface area contributed by atoms with Crippen molar-refractivity contribution in [3.63, 3.8) is 0 Å². The number of piperidine rings is 1. The zero-order valence-electron chi connectivity index (χ0n) is 11.4. The summed E-state index contributed by atoms with van der Waals surface area (Å²) in [4.78, 5) is 14.9. The van der Waals surface area contributed by atoms with Crippen molar-refractivity contribution in [2.45, 2.75) is 37.9 Å². The fourth-order valence-electron chi connectivity index (χ4n) is 2.75. The lowest BCUT2D eigenvalue weighted by Gasteiger charge is -2.40. The van der Waals surface area contributed by atoms with E-state index < -0.39 is 0 Å². The Morgan fingerprint density at radius 1 is 1.39 bits per heavy atom. The summed E-state index contributed by atoms with van der Waals surface area (Å²) in [5.41, 5.74) is 6.07. The molecule has 0 radical (unpaired) electrons. The highest BCUT2D eigenvalue weighted by molar-refractivity contribution is 8.02. The average molecular weight is 286 g/mol. The predicted molar refractivity (Wildman–Crippen MR) is 80.7 cm³/mol. The van der Waals surface area contributed by atoms with E-state index in [1.807, 2.05) is 4.90 Å². The molecule has 1 saturated heterocycles. The van der Waals surface area contributed by atoms with Crippen LogP contribution in [0.5, 0.6) is 0 Å². The van der Waals surface area contributed by atoms with E-state index in [1.165, 1.54) is 0 Å². The lowest BCUT2D eigenvalue weighted by Crippen LogP contribution is -2.51. The molecule has 1 unspecified atom stereocenters. The van der Waals surface area contributed by atoms with Gasteiger partial charge in [-0.15, -0.1) is 0 Å². The van der Waals surface area contributed by atoms with Gasteiger partial charge in [-0.05, 0) is 30.9 Å². The van der Waals surface area contributed by atoms with E-state index in [2.05, 4.69) is 20.1 Å². The second kappa shape index (κ2) is 4.67. The van der Waals surface area contributed by atoms with Crippen molar-refractivity contribution in [2.24, 2.45) is 17.1 Å². The van der Waals surface area contributed by atoms with Crippen LogP contribution in [0.4, 0.5) is 0 Å². The van der Waals surface area contributed by atoms with Gasteiger partial charge in [0, 0.05) is 19.0 Å². The molecule has 1 amide bonds. The molecule has 1 aliphatic carbocycles. The number of carbonyl (C=O) groups is 1. The average Bonchev–Trinajstić information content (AvgIpc) is 2.97. The number of hydrogen-bond acceptors (Lipinski definition) is 3. The number of thioether (sulfide) groups is 1. The molecular formula is C13H22N2OS2. The molecule has 1 aliphatic heterocycles. The molecule has 2 aliphatic rings. The van der Waals surface area contributed by atoms with Gasteiger partial charge in [0.15, 0.2) is 0 Å². The maximum Gasteiger partial charge on any atom is 0.226 e. The normalized spacial score (nSPS) is 28.8.